The highest BCUT2D eigenvalue weighted by atomic mass is 16.2. The summed E-state index contributed by atoms with van der Waals surface area (Å²) >= 11 is 0. The summed E-state index contributed by atoms with van der Waals surface area (Å²) in [6.07, 6.45) is 4.02. The fourth-order valence-corrected chi connectivity index (χ4v) is 5.57. The van der Waals surface area contributed by atoms with Crippen molar-refractivity contribution in [3.63, 3.8) is 0 Å². The number of nitrogens with one attached hydrogen (secondary N) is 2. The zero-order valence-corrected chi connectivity index (χ0v) is 18.0. The van der Waals surface area contributed by atoms with Crippen molar-refractivity contribution in [2.75, 3.05) is 29.5 Å². The number of carbonyl (C=O) groups is 1. The van der Waals surface area contributed by atoms with E-state index >= 15 is 0 Å². The number of amides is 1. The molecule has 0 aromatic heterocycles. The van der Waals surface area contributed by atoms with E-state index in [-0.39, 0.29) is 16.7 Å². The van der Waals surface area contributed by atoms with Crippen LogP contribution in [0.25, 0.3) is 0 Å². The first-order valence-electron chi connectivity index (χ1n) is 11.2. The number of carbonyl (C=O) groups excluding carboxylic acids is 1. The molecular weight excluding hydrogens is 372 g/mol. The second-order valence-corrected chi connectivity index (χ2v) is 10.1. The predicted molar refractivity (Wildman–Crippen MR) is 123 cm³/mol. The molecule has 1 spiro atoms. The first-order chi connectivity index (χ1) is 14.4. The average Bonchev–Trinajstić information content (AvgIpc) is 2.96. The summed E-state index contributed by atoms with van der Waals surface area (Å²) in [5.74, 6) is 0.148. The SMILES string of the molecule is CC1(C)CN(Cc2ccccc2)CCC1Nc1cc(N)cc2c1NC(=O)C21CCC1. The van der Waals surface area contributed by atoms with E-state index in [9.17, 15) is 4.79 Å². The van der Waals surface area contributed by atoms with Gasteiger partial charge in [0, 0.05) is 31.4 Å². The average molecular weight is 405 g/mol. The van der Waals surface area contributed by atoms with Crippen LogP contribution < -0.4 is 16.4 Å². The quantitative estimate of drug-likeness (QED) is 0.663. The maximum absolute atomic E-state index is 12.7. The van der Waals surface area contributed by atoms with E-state index < -0.39 is 0 Å². The lowest BCUT2D eigenvalue weighted by molar-refractivity contribution is -0.123. The first kappa shape index (κ1) is 19.4. The molecular formula is C25H32N4O. The molecule has 4 N–H and O–H groups in total. The minimum absolute atomic E-state index is 0.0985. The number of benzene rings is 2. The molecule has 2 fully saturated rings. The number of nitrogens with two attached hydrogens (primary N) is 1. The van der Waals surface area contributed by atoms with Crippen LogP contribution in [0, 0.1) is 5.41 Å². The standard InChI is InChI=1S/C25H32N4O/c1-24(2)16-29(15-17-7-4-3-5-8-17)12-9-21(24)27-20-14-18(26)13-19-22(20)28-23(30)25(19)10-6-11-25/h3-5,7-8,13-14,21,27H,6,9-12,15-16,26H2,1-2H3,(H,28,30). The van der Waals surface area contributed by atoms with Gasteiger partial charge in [-0.25, -0.2) is 0 Å². The van der Waals surface area contributed by atoms with E-state index in [0.717, 1.165) is 67.9 Å². The van der Waals surface area contributed by atoms with Crippen LogP contribution in [0.3, 0.4) is 0 Å². The number of nitrogen functional groups attached to an aromatic ring is 1. The summed E-state index contributed by atoms with van der Waals surface area (Å²) < 4.78 is 0. The van der Waals surface area contributed by atoms with E-state index in [1.54, 1.807) is 0 Å². The molecule has 2 aromatic rings. The summed E-state index contributed by atoms with van der Waals surface area (Å²) in [6, 6.07) is 15.0. The third-order valence-corrected chi connectivity index (χ3v) is 7.44. The van der Waals surface area contributed by atoms with Crippen molar-refractivity contribution in [2.45, 2.75) is 57.5 Å². The number of nitrogens with zero attached hydrogens (tertiary/aromatic N) is 1. The van der Waals surface area contributed by atoms with Crippen LogP contribution in [-0.4, -0.2) is 29.9 Å². The number of likely N-dealkylation sites (tertiary alicyclic amines) is 1. The predicted octanol–water partition coefficient (Wildman–Crippen LogP) is 4.36. The lowest BCUT2D eigenvalue weighted by Gasteiger charge is -2.45. The molecule has 0 radical (unpaired) electrons. The van der Waals surface area contributed by atoms with Crippen molar-refractivity contribution in [2.24, 2.45) is 5.41 Å². The first-order valence-corrected chi connectivity index (χ1v) is 11.2. The Morgan fingerprint density at radius 2 is 1.97 bits per heavy atom. The maximum Gasteiger partial charge on any atom is 0.235 e. The van der Waals surface area contributed by atoms with E-state index in [1.807, 2.05) is 12.1 Å². The Hall–Kier alpha value is -2.53. The molecule has 1 aliphatic carbocycles. The Morgan fingerprint density at radius 3 is 2.63 bits per heavy atom. The van der Waals surface area contributed by atoms with E-state index in [1.165, 1.54) is 5.56 Å². The molecule has 3 aliphatic rings. The summed E-state index contributed by atoms with van der Waals surface area (Å²) in [5.41, 5.74) is 11.2. The lowest BCUT2D eigenvalue weighted by atomic mass is 9.65. The van der Waals surface area contributed by atoms with Crippen molar-refractivity contribution in [3.05, 3.63) is 53.6 Å². The van der Waals surface area contributed by atoms with Crippen LogP contribution in [0.1, 0.15) is 50.7 Å². The fraction of sp³-hybridized carbons (Fsp3) is 0.480. The molecule has 158 valence electrons. The smallest absolute Gasteiger partial charge is 0.235 e. The molecule has 1 amide bonds. The van der Waals surface area contributed by atoms with Crippen molar-refractivity contribution in [1.82, 2.24) is 4.90 Å². The minimum atomic E-state index is -0.338. The van der Waals surface area contributed by atoms with Crippen LogP contribution in [0.2, 0.25) is 0 Å². The third-order valence-electron chi connectivity index (χ3n) is 7.44. The summed E-state index contributed by atoms with van der Waals surface area (Å²) in [7, 11) is 0. The number of rotatable bonds is 4. The number of anilines is 3. The van der Waals surface area contributed by atoms with E-state index in [2.05, 4.69) is 59.7 Å². The van der Waals surface area contributed by atoms with Gasteiger partial charge in [0.1, 0.15) is 0 Å². The summed E-state index contributed by atoms with van der Waals surface area (Å²) in [6.45, 7) is 7.74. The van der Waals surface area contributed by atoms with Gasteiger partial charge in [0.2, 0.25) is 5.91 Å². The van der Waals surface area contributed by atoms with E-state index in [0.29, 0.717) is 6.04 Å². The number of hydrogen-bond acceptors (Lipinski definition) is 4. The molecule has 5 nitrogen and oxygen atoms in total. The largest absolute Gasteiger partial charge is 0.399 e. The number of fused-ring (bicyclic) bond motifs is 2. The van der Waals surface area contributed by atoms with Crippen LogP contribution in [0.4, 0.5) is 17.1 Å². The molecule has 1 atom stereocenters. The molecule has 0 bridgehead atoms. The van der Waals surface area contributed by atoms with Gasteiger partial charge < -0.3 is 16.4 Å². The van der Waals surface area contributed by atoms with Gasteiger partial charge in [-0.05, 0) is 47.9 Å². The van der Waals surface area contributed by atoms with Crippen LogP contribution >= 0.6 is 0 Å². The monoisotopic (exact) mass is 404 g/mol. The van der Waals surface area contributed by atoms with Gasteiger partial charge in [-0.15, -0.1) is 0 Å². The van der Waals surface area contributed by atoms with Crippen molar-refractivity contribution in [3.8, 4) is 0 Å². The van der Waals surface area contributed by atoms with Gasteiger partial charge in [0.15, 0.2) is 0 Å². The van der Waals surface area contributed by atoms with Crippen LogP contribution in [-0.2, 0) is 16.8 Å². The highest BCUT2D eigenvalue weighted by Gasteiger charge is 2.52. The fourth-order valence-electron chi connectivity index (χ4n) is 5.57. The van der Waals surface area contributed by atoms with Gasteiger partial charge in [-0.1, -0.05) is 50.6 Å². The minimum Gasteiger partial charge on any atom is -0.399 e. The molecule has 30 heavy (non-hydrogen) atoms. The Bertz CT molecular complexity index is 965. The summed E-state index contributed by atoms with van der Waals surface area (Å²) in [5, 5.41) is 6.96. The van der Waals surface area contributed by atoms with Gasteiger partial charge >= 0.3 is 0 Å². The van der Waals surface area contributed by atoms with Gasteiger partial charge in [-0.3, -0.25) is 9.69 Å². The lowest BCUT2D eigenvalue weighted by Crippen LogP contribution is -2.51. The molecule has 1 unspecified atom stereocenters. The van der Waals surface area contributed by atoms with Gasteiger partial charge in [-0.2, -0.15) is 0 Å². The third kappa shape index (κ3) is 3.16. The molecule has 5 rings (SSSR count). The topological polar surface area (TPSA) is 70.4 Å². The zero-order chi connectivity index (χ0) is 20.9. The van der Waals surface area contributed by atoms with E-state index in [4.69, 9.17) is 5.73 Å². The number of piperidine rings is 1. The maximum atomic E-state index is 12.7. The Kier molecular flexibility index (Phi) is 4.55. The Balaban J connectivity index is 1.35. The highest BCUT2D eigenvalue weighted by Crippen LogP contribution is 2.54. The second-order valence-electron chi connectivity index (χ2n) is 10.1. The molecule has 1 saturated heterocycles. The van der Waals surface area contributed by atoms with Crippen LogP contribution in [0.15, 0.2) is 42.5 Å². The number of hydrogen-bond donors (Lipinski definition) is 3. The molecule has 1 saturated carbocycles. The van der Waals surface area contributed by atoms with Crippen molar-refractivity contribution < 1.29 is 4.79 Å². The normalized spacial score (nSPS) is 24.2. The molecule has 5 heteroatoms. The van der Waals surface area contributed by atoms with Crippen molar-refractivity contribution >= 4 is 23.0 Å². The highest BCUT2D eigenvalue weighted by molar-refractivity contribution is 6.10. The zero-order valence-electron chi connectivity index (χ0n) is 18.0. The van der Waals surface area contributed by atoms with Crippen LogP contribution in [0.5, 0.6) is 0 Å². The Labute approximate surface area is 179 Å². The molecule has 2 heterocycles. The Morgan fingerprint density at radius 1 is 1.20 bits per heavy atom. The van der Waals surface area contributed by atoms with Crippen molar-refractivity contribution in [1.29, 1.82) is 0 Å². The van der Waals surface area contributed by atoms with Gasteiger partial charge in [0.25, 0.3) is 0 Å². The second kappa shape index (κ2) is 7.02. The summed E-state index contributed by atoms with van der Waals surface area (Å²) in [4.78, 5) is 15.3. The molecule has 2 aliphatic heterocycles. The van der Waals surface area contributed by atoms with Gasteiger partial charge in [0.05, 0.1) is 16.8 Å². The molecule has 2 aromatic carbocycles.